The van der Waals surface area contributed by atoms with Crippen LogP contribution in [-0.2, 0) is 17.8 Å². The number of anilines is 1. The standard InChI is InChI=1S/C20H28N6O/c1-4-15-11-19(24-14(3)23-15)25-17-10-18(20(27)21-5-2)26(13-17)12-16-8-6-7-9-22-16/h6-9,11,17-18H,4-5,10,12-13H2,1-3H3,(H,21,27)(H,23,24,25)/t17-,18-/m0/s1. The summed E-state index contributed by atoms with van der Waals surface area (Å²) in [6, 6.07) is 7.86. The van der Waals surface area contributed by atoms with E-state index in [-0.39, 0.29) is 18.0 Å². The van der Waals surface area contributed by atoms with Gasteiger partial charge in [-0.15, -0.1) is 0 Å². The SMILES string of the molecule is CCNC(=O)[C@@H]1C[C@H](Nc2cc(CC)nc(C)n2)CN1Cc1ccccn1. The largest absolute Gasteiger partial charge is 0.366 e. The van der Waals surface area contributed by atoms with Crippen molar-refractivity contribution < 1.29 is 4.79 Å². The summed E-state index contributed by atoms with van der Waals surface area (Å²) in [6.07, 6.45) is 3.40. The van der Waals surface area contributed by atoms with Crippen molar-refractivity contribution in [1.82, 2.24) is 25.2 Å². The predicted octanol–water partition coefficient (Wildman–Crippen LogP) is 1.93. The number of pyridine rings is 1. The lowest BCUT2D eigenvalue weighted by atomic mass is 10.1. The number of nitrogens with zero attached hydrogens (tertiary/aromatic N) is 4. The Morgan fingerprint density at radius 1 is 1.26 bits per heavy atom. The van der Waals surface area contributed by atoms with Gasteiger partial charge in [0.05, 0.1) is 11.7 Å². The fourth-order valence-corrected chi connectivity index (χ4v) is 3.54. The van der Waals surface area contributed by atoms with E-state index in [0.29, 0.717) is 13.1 Å². The molecule has 0 bridgehead atoms. The van der Waals surface area contributed by atoms with E-state index < -0.39 is 0 Å². The first-order valence-corrected chi connectivity index (χ1v) is 9.61. The number of likely N-dealkylation sites (tertiary alicyclic amines) is 1. The average Bonchev–Trinajstić information content (AvgIpc) is 3.04. The van der Waals surface area contributed by atoms with Gasteiger partial charge in [-0.2, -0.15) is 0 Å². The van der Waals surface area contributed by atoms with Crippen molar-refractivity contribution in [2.45, 2.75) is 52.2 Å². The molecule has 2 N–H and O–H groups in total. The van der Waals surface area contributed by atoms with Gasteiger partial charge in [0.2, 0.25) is 5.91 Å². The van der Waals surface area contributed by atoms with Crippen LogP contribution in [0.3, 0.4) is 0 Å². The Kier molecular flexibility index (Phi) is 6.34. The van der Waals surface area contributed by atoms with Gasteiger partial charge in [0.1, 0.15) is 11.6 Å². The Morgan fingerprint density at radius 3 is 2.81 bits per heavy atom. The van der Waals surface area contributed by atoms with Crippen LogP contribution in [0, 0.1) is 6.92 Å². The van der Waals surface area contributed by atoms with Crippen LogP contribution in [-0.4, -0.2) is 50.9 Å². The van der Waals surface area contributed by atoms with Crippen LogP contribution >= 0.6 is 0 Å². The van der Waals surface area contributed by atoms with Crippen LogP contribution in [0.2, 0.25) is 0 Å². The number of nitrogens with one attached hydrogen (secondary N) is 2. The topological polar surface area (TPSA) is 83.0 Å². The zero-order valence-corrected chi connectivity index (χ0v) is 16.3. The van der Waals surface area contributed by atoms with E-state index in [1.807, 2.05) is 38.1 Å². The fourth-order valence-electron chi connectivity index (χ4n) is 3.54. The number of carbonyl (C=O) groups is 1. The molecule has 1 fully saturated rings. The van der Waals surface area contributed by atoms with Crippen molar-refractivity contribution in [1.29, 1.82) is 0 Å². The van der Waals surface area contributed by atoms with Gasteiger partial charge in [-0.3, -0.25) is 14.7 Å². The van der Waals surface area contributed by atoms with Crippen LogP contribution in [0.15, 0.2) is 30.5 Å². The molecule has 1 amide bonds. The van der Waals surface area contributed by atoms with E-state index >= 15 is 0 Å². The number of rotatable bonds is 7. The molecule has 0 aliphatic carbocycles. The number of likely N-dealkylation sites (N-methyl/N-ethyl adjacent to an activating group) is 1. The summed E-state index contributed by atoms with van der Waals surface area (Å²) in [5.41, 5.74) is 1.99. The third-order valence-electron chi connectivity index (χ3n) is 4.75. The van der Waals surface area contributed by atoms with Gasteiger partial charge >= 0.3 is 0 Å². The molecule has 0 unspecified atom stereocenters. The molecular weight excluding hydrogens is 340 g/mol. The smallest absolute Gasteiger partial charge is 0.237 e. The number of hydrogen-bond acceptors (Lipinski definition) is 6. The van der Waals surface area contributed by atoms with Crippen molar-refractivity contribution in [3.63, 3.8) is 0 Å². The van der Waals surface area contributed by atoms with E-state index in [4.69, 9.17) is 0 Å². The first-order valence-electron chi connectivity index (χ1n) is 9.61. The highest BCUT2D eigenvalue weighted by Crippen LogP contribution is 2.23. The van der Waals surface area contributed by atoms with Crippen LogP contribution in [0.1, 0.15) is 37.5 Å². The van der Waals surface area contributed by atoms with Gasteiger partial charge in [-0.1, -0.05) is 13.0 Å². The number of carbonyl (C=O) groups excluding carboxylic acids is 1. The quantitative estimate of drug-likeness (QED) is 0.777. The molecule has 7 nitrogen and oxygen atoms in total. The molecule has 1 aliphatic rings. The van der Waals surface area contributed by atoms with E-state index in [2.05, 4.69) is 37.4 Å². The highest BCUT2D eigenvalue weighted by Gasteiger charge is 2.36. The summed E-state index contributed by atoms with van der Waals surface area (Å²) >= 11 is 0. The van der Waals surface area contributed by atoms with Crippen LogP contribution in [0.5, 0.6) is 0 Å². The summed E-state index contributed by atoms with van der Waals surface area (Å²) in [7, 11) is 0. The molecule has 0 aromatic carbocycles. The molecule has 3 heterocycles. The van der Waals surface area contributed by atoms with Gasteiger partial charge in [-0.25, -0.2) is 9.97 Å². The first kappa shape index (κ1) is 19.2. The minimum absolute atomic E-state index is 0.0749. The molecule has 0 radical (unpaired) electrons. The molecule has 7 heteroatoms. The Labute approximate surface area is 160 Å². The zero-order chi connectivity index (χ0) is 19.2. The highest BCUT2D eigenvalue weighted by molar-refractivity contribution is 5.82. The maximum absolute atomic E-state index is 12.6. The average molecular weight is 368 g/mol. The van der Waals surface area contributed by atoms with Crippen LogP contribution in [0.25, 0.3) is 0 Å². The second kappa shape index (κ2) is 8.90. The van der Waals surface area contributed by atoms with E-state index in [1.54, 1.807) is 6.20 Å². The highest BCUT2D eigenvalue weighted by atomic mass is 16.2. The predicted molar refractivity (Wildman–Crippen MR) is 105 cm³/mol. The lowest BCUT2D eigenvalue weighted by Crippen LogP contribution is -2.42. The molecule has 3 rings (SSSR count). The fraction of sp³-hybridized carbons (Fsp3) is 0.500. The lowest BCUT2D eigenvalue weighted by molar-refractivity contribution is -0.125. The minimum Gasteiger partial charge on any atom is -0.366 e. The third kappa shape index (κ3) is 5.01. The number of aryl methyl sites for hydroxylation is 2. The van der Waals surface area contributed by atoms with Crippen LogP contribution in [0.4, 0.5) is 5.82 Å². The minimum atomic E-state index is -0.168. The summed E-state index contributed by atoms with van der Waals surface area (Å²) in [4.78, 5) is 28.1. The van der Waals surface area contributed by atoms with Gasteiger partial charge in [-0.05, 0) is 38.8 Å². The second-order valence-electron chi connectivity index (χ2n) is 6.88. The van der Waals surface area contributed by atoms with Gasteiger partial charge in [0.25, 0.3) is 0 Å². The lowest BCUT2D eigenvalue weighted by Gasteiger charge is -2.22. The van der Waals surface area contributed by atoms with Crippen molar-refractivity contribution in [2.24, 2.45) is 0 Å². The normalized spacial score (nSPS) is 19.8. The molecule has 27 heavy (non-hydrogen) atoms. The molecule has 2 atom stereocenters. The van der Waals surface area contributed by atoms with Gasteiger partial charge < -0.3 is 10.6 Å². The van der Waals surface area contributed by atoms with Gasteiger partial charge in [0.15, 0.2) is 0 Å². The number of amides is 1. The van der Waals surface area contributed by atoms with Crippen molar-refractivity contribution in [3.8, 4) is 0 Å². The molecule has 0 saturated carbocycles. The van der Waals surface area contributed by atoms with E-state index in [1.165, 1.54) is 0 Å². The molecule has 0 spiro atoms. The Balaban J connectivity index is 1.73. The van der Waals surface area contributed by atoms with Crippen molar-refractivity contribution in [3.05, 3.63) is 47.7 Å². The maximum atomic E-state index is 12.6. The molecule has 144 valence electrons. The zero-order valence-electron chi connectivity index (χ0n) is 16.3. The molecular formula is C20H28N6O. The second-order valence-corrected chi connectivity index (χ2v) is 6.88. The van der Waals surface area contributed by atoms with E-state index in [0.717, 1.165) is 42.4 Å². The third-order valence-corrected chi connectivity index (χ3v) is 4.75. The van der Waals surface area contributed by atoms with E-state index in [9.17, 15) is 4.79 Å². The van der Waals surface area contributed by atoms with Crippen molar-refractivity contribution >= 4 is 11.7 Å². The number of hydrogen-bond donors (Lipinski definition) is 2. The Bertz CT molecular complexity index is 766. The Morgan fingerprint density at radius 2 is 2.11 bits per heavy atom. The number of aromatic nitrogens is 3. The van der Waals surface area contributed by atoms with Crippen molar-refractivity contribution in [2.75, 3.05) is 18.4 Å². The van der Waals surface area contributed by atoms with Gasteiger partial charge in [0, 0.05) is 43.6 Å². The summed E-state index contributed by atoms with van der Waals surface area (Å²) in [5, 5.41) is 6.47. The monoisotopic (exact) mass is 368 g/mol. The first-order chi connectivity index (χ1) is 13.1. The van der Waals surface area contributed by atoms with Crippen LogP contribution < -0.4 is 10.6 Å². The maximum Gasteiger partial charge on any atom is 0.237 e. The molecule has 2 aromatic rings. The summed E-state index contributed by atoms with van der Waals surface area (Å²) in [6.45, 7) is 7.99. The molecule has 1 saturated heterocycles. The summed E-state index contributed by atoms with van der Waals surface area (Å²) < 4.78 is 0. The Hall–Kier alpha value is -2.54. The summed E-state index contributed by atoms with van der Waals surface area (Å²) in [5.74, 6) is 1.67. The molecule has 2 aromatic heterocycles. The molecule has 1 aliphatic heterocycles.